The van der Waals surface area contributed by atoms with Crippen molar-refractivity contribution in [1.29, 1.82) is 0 Å². The molecule has 0 saturated heterocycles. The Morgan fingerprint density at radius 1 is 1.38 bits per heavy atom. The molecule has 1 amide bonds. The standard InChI is InChI=1S/C11H22N2O3/c1-4-5-8(6-12)10(14)13-9(7(2)3)11(15)16/h7-9H,4-6,12H2,1-3H3,(H,13,14)(H,15,16)/t8?,9-/m1/s1. The molecule has 0 aromatic carbocycles. The van der Waals surface area contributed by atoms with Crippen molar-refractivity contribution < 1.29 is 14.7 Å². The van der Waals surface area contributed by atoms with Gasteiger partial charge in [0.25, 0.3) is 0 Å². The van der Waals surface area contributed by atoms with Crippen molar-refractivity contribution in [2.45, 2.75) is 39.7 Å². The predicted octanol–water partition coefficient (Wildman–Crippen LogP) is 0.587. The third kappa shape index (κ3) is 4.61. The number of aliphatic carboxylic acids is 1. The van der Waals surface area contributed by atoms with Gasteiger partial charge in [0.2, 0.25) is 5.91 Å². The molecule has 0 aliphatic carbocycles. The summed E-state index contributed by atoms with van der Waals surface area (Å²) in [6.07, 6.45) is 1.54. The van der Waals surface area contributed by atoms with E-state index in [1.54, 1.807) is 13.8 Å². The van der Waals surface area contributed by atoms with E-state index in [1.165, 1.54) is 0 Å². The summed E-state index contributed by atoms with van der Waals surface area (Å²) >= 11 is 0. The molecule has 5 heteroatoms. The second-order valence-corrected chi connectivity index (χ2v) is 4.29. The molecule has 0 saturated carbocycles. The molecular formula is C11H22N2O3. The monoisotopic (exact) mass is 230 g/mol. The van der Waals surface area contributed by atoms with E-state index in [1.807, 2.05) is 6.92 Å². The average molecular weight is 230 g/mol. The van der Waals surface area contributed by atoms with Crippen LogP contribution in [0.25, 0.3) is 0 Å². The Morgan fingerprint density at radius 3 is 2.25 bits per heavy atom. The second kappa shape index (κ2) is 7.22. The normalized spacial score (nSPS) is 14.6. The minimum atomic E-state index is -1.00. The number of nitrogens with one attached hydrogen (secondary N) is 1. The van der Waals surface area contributed by atoms with Gasteiger partial charge in [0, 0.05) is 6.54 Å². The van der Waals surface area contributed by atoms with E-state index in [0.29, 0.717) is 6.42 Å². The molecule has 2 atom stereocenters. The molecule has 0 rings (SSSR count). The zero-order valence-electron chi connectivity index (χ0n) is 10.2. The van der Waals surface area contributed by atoms with Gasteiger partial charge in [-0.25, -0.2) is 4.79 Å². The summed E-state index contributed by atoms with van der Waals surface area (Å²) in [6.45, 7) is 5.74. The number of carbonyl (C=O) groups excluding carboxylic acids is 1. The highest BCUT2D eigenvalue weighted by Gasteiger charge is 2.26. The Hall–Kier alpha value is -1.10. The molecule has 1 unspecified atom stereocenters. The van der Waals surface area contributed by atoms with E-state index in [2.05, 4.69) is 5.32 Å². The van der Waals surface area contributed by atoms with Crippen LogP contribution in [0.3, 0.4) is 0 Å². The van der Waals surface area contributed by atoms with Gasteiger partial charge in [0.15, 0.2) is 0 Å². The van der Waals surface area contributed by atoms with Crippen LogP contribution >= 0.6 is 0 Å². The van der Waals surface area contributed by atoms with Crippen LogP contribution in [0.15, 0.2) is 0 Å². The summed E-state index contributed by atoms with van der Waals surface area (Å²) in [5.74, 6) is -1.69. The molecule has 94 valence electrons. The van der Waals surface area contributed by atoms with Gasteiger partial charge in [-0.05, 0) is 12.3 Å². The van der Waals surface area contributed by atoms with Crippen LogP contribution in [0.1, 0.15) is 33.6 Å². The third-order valence-electron chi connectivity index (χ3n) is 2.52. The van der Waals surface area contributed by atoms with Crippen LogP contribution in [0.2, 0.25) is 0 Å². The summed E-state index contributed by atoms with van der Waals surface area (Å²) in [6, 6.07) is -0.835. The van der Waals surface area contributed by atoms with E-state index in [0.717, 1.165) is 6.42 Å². The SMILES string of the molecule is CCCC(CN)C(=O)N[C@@H](C(=O)O)C(C)C. The molecule has 0 radical (unpaired) electrons. The number of hydrogen-bond donors (Lipinski definition) is 3. The lowest BCUT2D eigenvalue weighted by Crippen LogP contribution is -2.47. The maximum absolute atomic E-state index is 11.7. The van der Waals surface area contributed by atoms with E-state index >= 15 is 0 Å². The Bertz CT molecular complexity index is 241. The smallest absolute Gasteiger partial charge is 0.326 e. The van der Waals surface area contributed by atoms with E-state index in [4.69, 9.17) is 10.8 Å². The van der Waals surface area contributed by atoms with Gasteiger partial charge in [-0.1, -0.05) is 27.2 Å². The molecule has 0 aromatic rings. The van der Waals surface area contributed by atoms with Gasteiger partial charge in [0.05, 0.1) is 5.92 Å². The minimum absolute atomic E-state index is 0.137. The Labute approximate surface area is 96.4 Å². The highest BCUT2D eigenvalue weighted by molar-refractivity contribution is 5.85. The number of carbonyl (C=O) groups is 2. The van der Waals surface area contributed by atoms with Crippen molar-refractivity contribution in [3.8, 4) is 0 Å². The zero-order valence-corrected chi connectivity index (χ0v) is 10.2. The topological polar surface area (TPSA) is 92.4 Å². The molecule has 0 fully saturated rings. The van der Waals surface area contributed by atoms with Gasteiger partial charge in [-0.2, -0.15) is 0 Å². The summed E-state index contributed by atoms with van der Waals surface area (Å²) in [7, 11) is 0. The first-order valence-corrected chi connectivity index (χ1v) is 5.67. The van der Waals surface area contributed by atoms with Crippen molar-refractivity contribution >= 4 is 11.9 Å². The lowest BCUT2D eigenvalue weighted by molar-refractivity contribution is -0.143. The zero-order chi connectivity index (χ0) is 12.7. The first-order chi connectivity index (χ1) is 7.43. The summed E-state index contributed by atoms with van der Waals surface area (Å²) < 4.78 is 0. The Morgan fingerprint density at radius 2 is 1.94 bits per heavy atom. The van der Waals surface area contributed by atoms with Gasteiger partial charge >= 0.3 is 5.97 Å². The average Bonchev–Trinajstić information content (AvgIpc) is 2.21. The molecule has 5 nitrogen and oxygen atoms in total. The first kappa shape index (κ1) is 14.9. The lowest BCUT2D eigenvalue weighted by Gasteiger charge is -2.21. The summed E-state index contributed by atoms with van der Waals surface area (Å²) in [4.78, 5) is 22.6. The van der Waals surface area contributed by atoms with E-state index < -0.39 is 12.0 Å². The van der Waals surface area contributed by atoms with Gasteiger partial charge < -0.3 is 16.2 Å². The molecule has 4 N–H and O–H groups in total. The molecule has 0 aliphatic heterocycles. The van der Waals surface area contributed by atoms with Crippen molar-refractivity contribution in [2.24, 2.45) is 17.6 Å². The number of hydrogen-bond acceptors (Lipinski definition) is 3. The maximum atomic E-state index is 11.7. The van der Waals surface area contributed by atoms with Crippen LogP contribution in [0.4, 0.5) is 0 Å². The Balaban J connectivity index is 4.43. The fourth-order valence-corrected chi connectivity index (χ4v) is 1.49. The summed E-state index contributed by atoms with van der Waals surface area (Å²) in [5, 5.41) is 11.5. The number of nitrogens with two attached hydrogens (primary N) is 1. The van der Waals surface area contributed by atoms with Crippen molar-refractivity contribution in [1.82, 2.24) is 5.32 Å². The van der Waals surface area contributed by atoms with Crippen LogP contribution in [0.5, 0.6) is 0 Å². The number of rotatable bonds is 7. The van der Waals surface area contributed by atoms with E-state index in [-0.39, 0.29) is 24.3 Å². The molecule has 0 bridgehead atoms. The van der Waals surface area contributed by atoms with Gasteiger partial charge in [-0.3, -0.25) is 4.79 Å². The van der Waals surface area contributed by atoms with E-state index in [9.17, 15) is 9.59 Å². The van der Waals surface area contributed by atoms with Crippen LogP contribution < -0.4 is 11.1 Å². The number of amides is 1. The molecule has 0 aliphatic rings. The molecule has 0 heterocycles. The molecule has 0 spiro atoms. The maximum Gasteiger partial charge on any atom is 0.326 e. The second-order valence-electron chi connectivity index (χ2n) is 4.29. The van der Waals surface area contributed by atoms with Crippen molar-refractivity contribution in [3.63, 3.8) is 0 Å². The third-order valence-corrected chi connectivity index (χ3v) is 2.52. The lowest BCUT2D eigenvalue weighted by atomic mass is 10.00. The molecule has 16 heavy (non-hydrogen) atoms. The van der Waals surface area contributed by atoms with Crippen molar-refractivity contribution in [2.75, 3.05) is 6.54 Å². The van der Waals surface area contributed by atoms with Crippen molar-refractivity contribution in [3.05, 3.63) is 0 Å². The number of carboxylic acids is 1. The quantitative estimate of drug-likeness (QED) is 0.596. The predicted molar refractivity (Wildman–Crippen MR) is 61.9 cm³/mol. The highest BCUT2D eigenvalue weighted by Crippen LogP contribution is 2.08. The first-order valence-electron chi connectivity index (χ1n) is 5.67. The fraction of sp³-hybridized carbons (Fsp3) is 0.818. The van der Waals surface area contributed by atoms with Crippen LogP contribution in [-0.4, -0.2) is 29.6 Å². The summed E-state index contributed by atoms with van der Waals surface area (Å²) in [5.41, 5.74) is 5.48. The fourth-order valence-electron chi connectivity index (χ4n) is 1.49. The number of carboxylic acid groups (broad SMARTS) is 1. The molecular weight excluding hydrogens is 208 g/mol. The minimum Gasteiger partial charge on any atom is -0.480 e. The largest absolute Gasteiger partial charge is 0.480 e. The van der Waals surface area contributed by atoms with Gasteiger partial charge in [0.1, 0.15) is 6.04 Å². The highest BCUT2D eigenvalue weighted by atomic mass is 16.4. The molecule has 0 aromatic heterocycles. The Kier molecular flexibility index (Phi) is 6.72. The van der Waals surface area contributed by atoms with Crippen LogP contribution in [0, 0.1) is 11.8 Å². The van der Waals surface area contributed by atoms with Gasteiger partial charge in [-0.15, -0.1) is 0 Å². The van der Waals surface area contributed by atoms with Crippen LogP contribution in [-0.2, 0) is 9.59 Å².